The Labute approximate surface area is 125 Å². The molecule has 7 heteroatoms. The summed E-state index contributed by atoms with van der Waals surface area (Å²) in [5, 5.41) is 11.7. The third kappa shape index (κ3) is 3.41. The molecule has 1 N–H and O–H groups in total. The second-order valence-electron chi connectivity index (χ2n) is 4.97. The fourth-order valence-electron chi connectivity index (χ4n) is 2.06. The van der Waals surface area contributed by atoms with E-state index in [2.05, 4.69) is 20.1 Å². The topological polar surface area (TPSA) is 59.8 Å². The van der Waals surface area contributed by atoms with Crippen molar-refractivity contribution in [3.8, 4) is 0 Å². The number of nitrogens with zero attached hydrogens (tertiary/aromatic N) is 3. The van der Waals surface area contributed by atoms with Crippen LogP contribution >= 0.6 is 11.8 Å². The maximum absolute atomic E-state index is 12.8. The van der Waals surface area contributed by atoms with E-state index in [0.717, 1.165) is 23.8 Å². The van der Waals surface area contributed by atoms with Crippen LogP contribution in [0.4, 0.5) is 10.1 Å². The van der Waals surface area contributed by atoms with E-state index in [9.17, 15) is 9.18 Å². The van der Waals surface area contributed by atoms with Crippen molar-refractivity contribution in [1.29, 1.82) is 0 Å². The van der Waals surface area contributed by atoms with Gasteiger partial charge in [-0.05, 0) is 44.0 Å². The van der Waals surface area contributed by atoms with E-state index in [4.69, 9.17) is 0 Å². The van der Waals surface area contributed by atoms with Gasteiger partial charge in [-0.1, -0.05) is 11.8 Å². The summed E-state index contributed by atoms with van der Waals surface area (Å²) in [6.45, 7) is 1.92. The van der Waals surface area contributed by atoms with Crippen molar-refractivity contribution in [2.24, 2.45) is 0 Å². The number of rotatable bonds is 5. The number of halogens is 1. The summed E-state index contributed by atoms with van der Waals surface area (Å²) in [6, 6.07) is 6.19. The summed E-state index contributed by atoms with van der Waals surface area (Å²) in [4.78, 5) is 11.9. The van der Waals surface area contributed by atoms with Gasteiger partial charge < -0.3 is 9.88 Å². The molecule has 0 aliphatic heterocycles. The van der Waals surface area contributed by atoms with Crippen molar-refractivity contribution in [2.75, 3.05) is 11.1 Å². The van der Waals surface area contributed by atoms with Gasteiger partial charge in [-0.3, -0.25) is 4.79 Å². The molecule has 2 aromatic rings. The Kier molecular flexibility index (Phi) is 3.92. The van der Waals surface area contributed by atoms with Crippen LogP contribution in [0.15, 0.2) is 29.4 Å². The Bertz CT molecular complexity index is 651. The molecule has 5 nitrogen and oxygen atoms in total. The molecule has 0 bridgehead atoms. The standard InChI is InChI=1S/C14H15FN4OS/c1-9-17-18-14(19(9)12-6-7-12)21-8-13(20)16-11-4-2-10(15)3-5-11/h2-5,12H,6-8H2,1H3,(H,16,20). The number of carbonyl (C=O) groups excluding carboxylic acids is 1. The first-order valence-electron chi connectivity index (χ1n) is 6.73. The number of amides is 1. The van der Waals surface area contributed by atoms with Crippen LogP contribution in [0.3, 0.4) is 0 Å². The quantitative estimate of drug-likeness (QED) is 0.863. The van der Waals surface area contributed by atoms with Crippen LogP contribution in [0, 0.1) is 12.7 Å². The van der Waals surface area contributed by atoms with E-state index in [1.165, 1.54) is 36.0 Å². The van der Waals surface area contributed by atoms with Crippen LogP contribution in [0.1, 0.15) is 24.7 Å². The normalized spacial score (nSPS) is 14.2. The van der Waals surface area contributed by atoms with Gasteiger partial charge in [-0.15, -0.1) is 10.2 Å². The third-order valence-electron chi connectivity index (χ3n) is 3.21. The third-order valence-corrected chi connectivity index (χ3v) is 4.15. The number of aryl methyl sites for hydroxylation is 1. The lowest BCUT2D eigenvalue weighted by Gasteiger charge is -2.07. The maximum Gasteiger partial charge on any atom is 0.234 e. The highest BCUT2D eigenvalue weighted by atomic mass is 32.2. The maximum atomic E-state index is 12.8. The zero-order chi connectivity index (χ0) is 14.8. The Morgan fingerprint density at radius 1 is 1.38 bits per heavy atom. The average molecular weight is 306 g/mol. The van der Waals surface area contributed by atoms with E-state index >= 15 is 0 Å². The molecule has 1 aliphatic carbocycles. The van der Waals surface area contributed by atoms with Crippen molar-refractivity contribution in [1.82, 2.24) is 14.8 Å². The highest BCUT2D eigenvalue weighted by molar-refractivity contribution is 7.99. The van der Waals surface area contributed by atoms with Gasteiger partial charge >= 0.3 is 0 Å². The molecule has 1 heterocycles. The average Bonchev–Trinajstić information content (AvgIpc) is 3.23. The lowest BCUT2D eigenvalue weighted by Crippen LogP contribution is -2.14. The van der Waals surface area contributed by atoms with Crippen LogP contribution in [0.5, 0.6) is 0 Å². The van der Waals surface area contributed by atoms with Crippen LogP contribution < -0.4 is 5.32 Å². The molecule has 21 heavy (non-hydrogen) atoms. The molecular formula is C14H15FN4OS. The summed E-state index contributed by atoms with van der Waals surface area (Å²) in [5.41, 5.74) is 0.585. The smallest absolute Gasteiger partial charge is 0.234 e. The Morgan fingerprint density at radius 3 is 2.76 bits per heavy atom. The first kappa shape index (κ1) is 14.1. The summed E-state index contributed by atoms with van der Waals surface area (Å²) >= 11 is 1.37. The number of anilines is 1. The fourth-order valence-corrected chi connectivity index (χ4v) is 2.91. The molecular weight excluding hydrogens is 291 g/mol. The van der Waals surface area contributed by atoms with Crippen molar-refractivity contribution >= 4 is 23.4 Å². The molecule has 1 saturated carbocycles. The number of thioether (sulfide) groups is 1. The zero-order valence-corrected chi connectivity index (χ0v) is 12.4. The molecule has 1 amide bonds. The largest absolute Gasteiger partial charge is 0.325 e. The van der Waals surface area contributed by atoms with Crippen molar-refractivity contribution < 1.29 is 9.18 Å². The molecule has 1 fully saturated rings. The first-order chi connectivity index (χ1) is 10.1. The molecule has 0 spiro atoms. The summed E-state index contributed by atoms with van der Waals surface area (Å²) in [5.74, 6) is 0.673. The molecule has 110 valence electrons. The van der Waals surface area contributed by atoms with Crippen LogP contribution in [0.25, 0.3) is 0 Å². The van der Waals surface area contributed by atoms with Crippen LogP contribution in [-0.2, 0) is 4.79 Å². The second kappa shape index (κ2) is 5.85. The number of carbonyl (C=O) groups is 1. The predicted molar refractivity (Wildman–Crippen MR) is 78.8 cm³/mol. The van der Waals surface area contributed by atoms with Crippen molar-refractivity contribution in [3.05, 3.63) is 35.9 Å². The molecule has 0 unspecified atom stereocenters. The van der Waals surface area contributed by atoms with Gasteiger partial charge in [-0.25, -0.2) is 4.39 Å². The number of hydrogen-bond donors (Lipinski definition) is 1. The van der Waals surface area contributed by atoms with Crippen LogP contribution in [-0.4, -0.2) is 26.4 Å². The van der Waals surface area contributed by atoms with E-state index in [1.807, 2.05) is 6.92 Å². The molecule has 0 atom stereocenters. The molecule has 3 rings (SSSR count). The SMILES string of the molecule is Cc1nnc(SCC(=O)Nc2ccc(F)cc2)n1C1CC1. The number of aromatic nitrogens is 3. The minimum atomic E-state index is -0.324. The molecule has 1 aliphatic rings. The van der Waals surface area contributed by atoms with Gasteiger partial charge in [0, 0.05) is 11.7 Å². The van der Waals surface area contributed by atoms with E-state index < -0.39 is 0 Å². The van der Waals surface area contributed by atoms with Gasteiger partial charge in [0.05, 0.1) is 5.75 Å². The number of hydrogen-bond acceptors (Lipinski definition) is 4. The lowest BCUT2D eigenvalue weighted by molar-refractivity contribution is -0.113. The molecule has 0 saturated heterocycles. The number of benzene rings is 1. The molecule has 0 radical (unpaired) electrons. The monoisotopic (exact) mass is 306 g/mol. The number of nitrogens with one attached hydrogen (secondary N) is 1. The second-order valence-corrected chi connectivity index (χ2v) is 5.92. The summed E-state index contributed by atoms with van der Waals surface area (Å²) in [6.07, 6.45) is 2.29. The fraction of sp³-hybridized carbons (Fsp3) is 0.357. The molecule has 1 aromatic carbocycles. The Balaban J connectivity index is 1.57. The Hall–Kier alpha value is -1.89. The van der Waals surface area contributed by atoms with Gasteiger partial charge in [0.15, 0.2) is 5.16 Å². The van der Waals surface area contributed by atoms with Gasteiger partial charge in [0.1, 0.15) is 11.6 Å². The lowest BCUT2D eigenvalue weighted by atomic mass is 10.3. The zero-order valence-electron chi connectivity index (χ0n) is 11.5. The van der Waals surface area contributed by atoms with E-state index in [0.29, 0.717) is 11.7 Å². The summed E-state index contributed by atoms with van der Waals surface area (Å²) < 4.78 is 14.9. The van der Waals surface area contributed by atoms with Crippen LogP contribution in [0.2, 0.25) is 0 Å². The van der Waals surface area contributed by atoms with E-state index in [1.54, 1.807) is 0 Å². The van der Waals surface area contributed by atoms with Gasteiger partial charge in [-0.2, -0.15) is 0 Å². The van der Waals surface area contributed by atoms with Crippen molar-refractivity contribution in [2.45, 2.75) is 31.0 Å². The highest BCUT2D eigenvalue weighted by Gasteiger charge is 2.28. The minimum Gasteiger partial charge on any atom is -0.325 e. The highest BCUT2D eigenvalue weighted by Crippen LogP contribution is 2.38. The minimum absolute atomic E-state index is 0.144. The first-order valence-corrected chi connectivity index (χ1v) is 7.72. The van der Waals surface area contributed by atoms with Gasteiger partial charge in [0.25, 0.3) is 0 Å². The van der Waals surface area contributed by atoms with E-state index in [-0.39, 0.29) is 17.5 Å². The summed E-state index contributed by atoms with van der Waals surface area (Å²) in [7, 11) is 0. The van der Waals surface area contributed by atoms with Crippen molar-refractivity contribution in [3.63, 3.8) is 0 Å². The Morgan fingerprint density at radius 2 is 2.10 bits per heavy atom. The van der Waals surface area contributed by atoms with Gasteiger partial charge in [0.2, 0.25) is 5.91 Å². The molecule has 1 aromatic heterocycles. The predicted octanol–water partition coefficient (Wildman–Crippen LogP) is 2.79.